The van der Waals surface area contributed by atoms with Crippen LogP contribution >= 0.6 is 11.3 Å². The highest BCUT2D eigenvalue weighted by atomic mass is 32.1. The van der Waals surface area contributed by atoms with Gasteiger partial charge in [-0.1, -0.05) is 6.07 Å². The van der Waals surface area contributed by atoms with E-state index in [4.69, 9.17) is 9.84 Å². The maximum atomic E-state index is 9.03. The van der Waals surface area contributed by atoms with Gasteiger partial charge in [-0.15, -0.1) is 11.3 Å². The number of methoxy groups -OCH3 is 1. The van der Waals surface area contributed by atoms with E-state index in [1.54, 1.807) is 18.4 Å². The van der Waals surface area contributed by atoms with Gasteiger partial charge in [-0.05, 0) is 42.1 Å². The van der Waals surface area contributed by atoms with Crippen molar-refractivity contribution in [2.24, 2.45) is 0 Å². The van der Waals surface area contributed by atoms with E-state index in [1.807, 2.05) is 12.1 Å². The van der Waals surface area contributed by atoms with Gasteiger partial charge in [-0.3, -0.25) is 0 Å². The molecule has 0 bridgehead atoms. The summed E-state index contributed by atoms with van der Waals surface area (Å²) in [5.74, 6) is 0.863. The van der Waals surface area contributed by atoms with Gasteiger partial charge in [-0.2, -0.15) is 0 Å². The number of rotatable bonds is 7. The Bertz CT molecular complexity index is 467. The monoisotopic (exact) mass is 277 g/mol. The molecular formula is C15H19NO2S. The molecule has 102 valence electrons. The summed E-state index contributed by atoms with van der Waals surface area (Å²) in [7, 11) is 1.67. The van der Waals surface area contributed by atoms with Crippen molar-refractivity contribution in [1.82, 2.24) is 0 Å². The van der Waals surface area contributed by atoms with E-state index in [2.05, 4.69) is 34.5 Å². The summed E-state index contributed by atoms with van der Waals surface area (Å²) in [6, 6.07) is 12.3. The first-order valence-corrected chi connectivity index (χ1v) is 7.23. The molecule has 0 saturated carbocycles. The highest BCUT2D eigenvalue weighted by molar-refractivity contribution is 7.09. The standard InChI is InChI=1S/C15H19NO2S/c1-18-14-7-5-13(6-8-14)16(9-3-10-17)12-15-4-2-11-19-15/h2,4-8,11,17H,3,9-10,12H2,1H3. The zero-order valence-corrected chi connectivity index (χ0v) is 11.9. The average Bonchev–Trinajstić information content (AvgIpc) is 2.96. The average molecular weight is 277 g/mol. The van der Waals surface area contributed by atoms with Crippen LogP contribution in [0.2, 0.25) is 0 Å². The van der Waals surface area contributed by atoms with E-state index in [-0.39, 0.29) is 6.61 Å². The Morgan fingerprint density at radius 2 is 2.00 bits per heavy atom. The molecule has 1 aromatic carbocycles. The third kappa shape index (κ3) is 3.98. The lowest BCUT2D eigenvalue weighted by atomic mass is 10.2. The Hall–Kier alpha value is -1.52. The van der Waals surface area contributed by atoms with Crippen LogP contribution in [0.4, 0.5) is 5.69 Å². The van der Waals surface area contributed by atoms with E-state index in [0.29, 0.717) is 0 Å². The lowest BCUT2D eigenvalue weighted by Crippen LogP contribution is -2.24. The Morgan fingerprint density at radius 3 is 2.58 bits per heavy atom. The van der Waals surface area contributed by atoms with Crippen LogP contribution in [0.25, 0.3) is 0 Å². The van der Waals surface area contributed by atoms with Crippen LogP contribution in [-0.4, -0.2) is 25.4 Å². The maximum absolute atomic E-state index is 9.03. The first-order chi connectivity index (χ1) is 9.33. The van der Waals surface area contributed by atoms with E-state index >= 15 is 0 Å². The number of aliphatic hydroxyl groups is 1. The topological polar surface area (TPSA) is 32.7 Å². The van der Waals surface area contributed by atoms with E-state index < -0.39 is 0 Å². The Morgan fingerprint density at radius 1 is 1.21 bits per heavy atom. The molecule has 0 aliphatic rings. The van der Waals surface area contributed by atoms with Crippen LogP contribution in [0.15, 0.2) is 41.8 Å². The summed E-state index contributed by atoms with van der Waals surface area (Å²) < 4.78 is 5.18. The largest absolute Gasteiger partial charge is 0.497 e. The molecule has 1 N–H and O–H groups in total. The molecule has 0 fully saturated rings. The predicted octanol–water partition coefficient (Wildman–Crippen LogP) is 3.15. The highest BCUT2D eigenvalue weighted by Gasteiger charge is 2.08. The first kappa shape index (κ1) is 13.9. The fourth-order valence-electron chi connectivity index (χ4n) is 1.94. The van der Waals surface area contributed by atoms with Crippen molar-refractivity contribution in [2.75, 3.05) is 25.2 Å². The van der Waals surface area contributed by atoms with E-state index in [0.717, 1.165) is 30.9 Å². The van der Waals surface area contributed by atoms with Crippen molar-refractivity contribution >= 4 is 17.0 Å². The molecule has 0 aliphatic heterocycles. The van der Waals surface area contributed by atoms with Crippen LogP contribution in [0, 0.1) is 0 Å². The lowest BCUT2D eigenvalue weighted by Gasteiger charge is -2.24. The number of nitrogens with zero attached hydrogens (tertiary/aromatic N) is 1. The summed E-state index contributed by atoms with van der Waals surface area (Å²) >= 11 is 1.76. The smallest absolute Gasteiger partial charge is 0.119 e. The van der Waals surface area contributed by atoms with Crippen molar-refractivity contribution in [1.29, 1.82) is 0 Å². The van der Waals surface area contributed by atoms with Crippen molar-refractivity contribution in [3.05, 3.63) is 46.7 Å². The number of ether oxygens (including phenoxy) is 1. The fourth-order valence-corrected chi connectivity index (χ4v) is 2.66. The zero-order valence-electron chi connectivity index (χ0n) is 11.1. The number of hydrogen-bond acceptors (Lipinski definition) is 4. The van der Waals surface area contributed by atoms with Gasteiger partial charge in [0, 0.05) is 23.7 Å². The minimum absolute atomic E-state index is 0.219. The van der Waals surface area contributed by atoms with Gasteiger partial charge >= 0.3 is 0 Å². The Balaban J connectivity index is 2.10. The highest BCUT2D eigenvalue weighted by Crippen LogP contribution is 2.22. The predicted molar refractivity (Wildman–Crippen MR) is 80.1 cm³/mol. The number of benzene rings is 1. The third-order valence-electron chi connectivity index (χ3n) is 2.95. The van der Waals surface area contributed by atoms with E-state index in [9.17, 15) is 0 Å². The molecule has 2 rings (SSSR count). The van der Waals surface area contributed by atoms with Crippen molar-refractivity contribution in [3.63, 3.8) is 0 Å². The van der Waals surface area contributed by atoms with Crippen molar-refractivity contribution in [3.8, 4) is 5.75 Å². The molecule has 0 atom stereocenters. The number of anilines is 1. The molecule has 0 spiro atoms. The molecule has 3 nitrogen and oxygen atoms in total. The molecule has 0 aliphatic carbocycles. The van der Waals surface area contributed by atoms with Crippen LogP contribution in [0.3, 0.4) is 0 Å². The second kappa shape index (κ2) is 7.16. The molecule has 1 heterocycles. The van der Waals surface area contributed by atoms with Gasteiger partial charge in [0.1, 0.15) is 5.75 Å². The molecule has 0 amide bonds. The van der Waals surface area contributed by atoms with Gasteiger partial charge < -0.3 is 14.7 Å². The molecule has 0 unspecified atom stereocenters. The Labute approximate surface area is 118 Å². The summed E-state index contributed by atoms with van der Waals surface area (Å²) in [6.07, 6.45) is 0.775. The zero-order chi connectivity index (χ0) is 13.5. The summed E-state index contributed by atoms with van der Waals surface area (Å²) in [4.78, 5) is 3.61. The Kier molecular flexibility index (Phi) is 5.24. The molecule has 1 aromatic heterocycles. The van der Waals surface area contributed by atoms with Crippen LogP contribution in [-0.2, 0) is 6.54 Å². The van der Waals surface area contributed by atoms with E-state index in [1.165, 1.54) is 4.88 Å². The fraction of sp³-hybridized carbons (Fsp3) is 0.333. The first-order valence-electron chi connectivity index (χ1n) is 6.35. The van der Waals surface area contributed by atoms with Crippen LogP contribution < -0.4 is 9.64 Å². The summed E-state index contributed by atoms with van der Waals surface area (Å²) in [6.45, 7) is 1.95. The van der Waals surface area contributed by atoms with Crippen LogP contribution in [0.5, 0.6) is 5.75 Å². The second-order valence-corrected chi connectivity index (χ2v) is 5.31. The van der Waals surface area contributed by atoms with Crippen LogP contribution in [0.1, 0.15) is 11.3 Å². The minimum Gasteiger partial charge on any atom is -0.497 e. The number of aliphatic hydroxyl groups excluding tert-OH is 1. The van der Waals surface area contributed by atoms with Gasteiger partial charge in [0.05, 0.1) is 13.7 Å². The molecule has 4 heteroatoms. The number of thiophene rings is 1. The minimum atomic E-state index is 0.219. The number of hydrogen-bond donors (Lipinski definition) is 1. The van der Waals surface area contributed by atoms with Crippen molar-refractivity contribution in [2.45, 2.75) is 13.0 Å². The quantitative estimate of drug-likeness (QED) is 0.844. The summed E-state index contributed by atoms with van der Waals surface area (Å²) in [5.41, 5.74) is 1.16. The SMILES string of the molecule is COc1ccc(N(CCCO)Cc2cccs2)cc1. The van der Waals surface area contributed by atoms with Gasteiger partial charge in [-0.25, -0.2) is 0 Å². The maximum Gasteiger partial charge on any atom is 0.119 e. The molecule has 19 heavy (non-hydrogen) atoms. The molecule has 0 saturated heterocycles. The summed E-state index contributed by atoms with van der Waals surface area (Å²) in [5, 5.41) is 11.1. The molecule has 0 radical (unpaired) electrons. The molecular weight excluding hydrogens is 258 g/mol. The lowest BCUT2D eigenvalue weighted by molar-refractivity contribution is 0.289. The normalized spacial score (nSPS) is 10.4. The van der Waals surface area contributed by atoms with Gasteiger partial charge in [0.15, 0.2) is 0 Å². The second-order valence-electron chi connectivity index (χ2n) is 4.28. The van der Waals surface area contributed by atoms with Gasteiger partial charge in [0.2, 0.25) is 0 Å². The third-order valence-corrected chi connectivity index (χ3v) is 3.81. The van der Waals surface area contributed by atoms with Crippen molar-refractivity contribution < 1.29 is 9.84 Å². The molecule has 2 aromatic rings. The van der Waals surface area contributed by atoms with Gasteiger partial charge in [0.25, 0.3) is 0 Å².